The third-order valence-electron chi connectivity index (χ3n) is 4.82. The fraction of sp³-hybridized carbons (Fsp3) is 0.231. The molecule has 0 aliphatic heterocycles. The Balaban J connectivity index is 1.61. The van der Waals surface area contributed by atoms with Crippen molar-refractivity contribution in [1.29, 1.82) is 0 Å². The van der Waals surface area contributed by atoms with E-state index in [2.05, 4.69) is 31.4 Å². The zero-order chi connectivity index (χ0) is 22.4. The molecule has 31 heavy (non-hydrogen) atoms. The zero-order valence-electron chi connectivity index (χ0n) is 18.4. The van der Waals surface area contributed by atoms with Crippen LogP contribution in [-0.2, 0) is 5.41 Å². The molecule has 0 fully saturated rings. The number of ether oxygens (including phenoxy) is 1. The van der Waals surface area contributed by atoms with Crippen LogP contribution in [0, 0.1) is 0 Å². The SMILES string of the molecule is CCOc1cccc(C(=O)Nc2ccc(NC(=O)c3ccc(C(C)(C)C)cc3)cc2)c1. The van der Waals surface area contributed by atoms with Gasteiger partial charge in [0.1, 0.15) is 5.75 Å². The van der Waals surface area contributed by atoms with Gasteiger partial charge in [0.25, 0.3) is 11.8 Å². The van der Waals surface area contributed by atoms with Crippen molar-refractivity contribution in [2.24, 2.45) is 0 Å². The first-order valence-corrected chi connectivity index (χ1v) is 10.3. The molecule has 0 bridgehead atoms. The number of carbonyl (C=O) groups excluding carboxylic acids is 2. The van der Waals surface area contributed by atoms with Gasteiger partial charge in [-0.15, -0.1) is 0 Å². The quantitative estimate of drug-likeness (QED) is 0.527. The van der Waals surface area contributed by atoms with Crippen molar-refractivity contribution in [2.75, 3.05) is 17.2 Å². The lowest BCUT2D eigenvalue weighted by atomic mass is 9.87. The Bertz CT molecular complexity index is 1050. The van der Waals surface area contributed by atoms with Gasteiger partial charge in [-0.3, -0.25) is 9.59 Å². The van der Waals surface area contributed by atoms with Crippen LogP contribution in [0.2, 0.25) is 0 Å². The number of rotatable bonds is 6. The fourth-order valence-corrected chi connectivity index (χ4v) is 3.06. The lowest BCUT2D eigenvalue weighted by Crippen LogP contribution is -2.14. The number of benzene rings is 3. The van der Waals surface area contributed by atoms with Gasteiger partial charge in [0, 0.05) is 22.5 Å². The van der Waals surface area contributed by atoms with Crippen LogP contribution in [0.1, 0.15) is 54.0 Å². The lowest BCUT2D eigenvalue weighted by Gasteiger charge is -2.19. The number of nitrogens with one attached hydrogen (secondary N) is 2. The summed E-state index contributed by atoms with van der Waals surface area (Å²) in [5.41, 5.74) is 3.62. The Labute approximate surface area is 183 Å². The molecule has 0 radical (unpaired) electrons. The first-order chi connectivity index (χ1) is 14.8. The molecule has 2 N–H and O–H groups in total. The van der Waals surface area contributed by atoms with Crippen LogP contribution in [0.5, 0.6) is 5.75 Å². The van der Waals surface area contributed by atoms with E-state index in [1.54, 1.807) is 42.5 Å². The molecule has 0 aromatic heterocycles. The fourth-order valence-electron chi connectivity index (χ4n) is 3.06. The monoisotopic (exact) mass is 416 g/mol. The molecule has 0 atom stereocenters. The van der Waals surface area contributed by atoms with E-state index in [0.717, 1.165) is 0 Å². The third-order valence-corrected chi connectivity index (χ3v) is 4.82. The Kier molecular flexibility index (Phi) is 6.75. The molecule has 0 saturated carbocycles. The molecule has 0 saturated heterocycles. The minimum absolute atomic E-state index is 0.0413. The molecule has 0 aliphatic rings. The van der Waals surface area contributed by atoms with Gasteiger partial charge < -0.3 is 15.4 Å². The highest BCUT2D eigenvalue weighted by molar-refractivity contribution is 6.05. The maximum Gasteiger partial charge on any atom is 0.255 e. The molecule has 0 unspecified atom stereocenters. The summed E-state index contributed by atoms with van der Waals surface area (Å²) in [6, 6.07) is 21.7. The Morgan fingerprint density at radius 3 is 1.84 bits per heavy atom. The molecular formula is C26H28N2O3. The van der Waals surface area contributed by atoms with Gasteiger partial charge in [0.2, 0.25) is 0 Å². The maximum absolute atomic E-state index is 12.5. The molecule has 2 amide bonds. The van der Waals surface area contributed by atoms with Crippen LogP contribution in [-0.4, -0.2) is 18.4 Å². The Hall–Kier alpha value is -3.60. The van der Waals surface area contributed by atoms with E-state index in [9.17, 15) is 9.59 Å². The highest BCUT2D eigenvalue weighted by Gasteiger charge is 2.14. The molecule has 160 valence electrons. The molecule has 0 aliphatic carbocycles. The number of anilines is 2. The topological polar surface area (TPSA) is 67.4 Å². The summed E-state index contributed by atoms with van der Waals surface area (Å²) in [6.45, 7) is 8.85. The van der Waals surface area contributed by atoms with Crippen molar-refractivity contribution in [3.8, 4) is 5.75 Å². The van der Waals surface area contributed by atoms with Crippen molar-refractivity contribution in [2.45, 2.75) is 33.1 Å². The molecule has 0 heterocycles. The minimum Gasteiger partial charge on any atom is -0.494 e. The molecule has 3 aromatic rings. The third kappa shape index (κ3) is 5.95. The highest BCUT2D eigenvalue weighted by atomic mass is 16.5. The summed E-state index contributed by atoms with van der Waals surface area (Å²) in [5.74, 6) is 0.256. The normalized spacial score (nSPS) is 11.0. The number of amides is 2. The highest BCUT2D eigenvalue weighted by Crippen LogP contribution is 2.23. The number of hydrogen-bond acceptors (Lipinski definition) is 3. The van der Waals surface area contributed by atoms with E-state index in [-0.39, 0.29) is 17.2 Å². The van der Waals surface area contributed by atoms with E-state index < -0.39 is 0 Å². The van der Waals surface area contributed by atoms with Crippen LogP contribution in [0.15, 0.2) is 72.8 Å². The second kappa shape index (κ2) is 9.47. The van der Waals surface area contributed by atoms with Gasteiger partial charge >= 0.3 is 0 Å². The smallest absolute Gasteiger partial charge is 0.255 e. The minimum atomic E-state index is -0.225. The van der Waals surface area contributed by atoms with Crippen molar-refractivity contribution in [1.82, 2.24) is 0 Å². The molecule has 0 spiro atoms. The molecule has 5 nitrogen and oxygen atoms in total. The second-order valence-corrected chi connectivity index (χ2v) is 8.27. The predicted molar refractivity (Wildman–Crippen MR) is 125 cm³/mol. The van der Waals surface area contributed by atoms with E-state index in [1.807, 2.05) is 37.3 Å². The van der Waals surface area contributed by atoms with Crippen LogP contribution in [0.3, 0.4) is 0 Å². The summed E-state index contributed by atoms with van der Waals surface area (Å²) < 4.78 is 5.44. The average Bonchev–Trinajstić information content (AvgIpc) is 2.75. The van der Waals surface area contributed by atoms with E-state index in [0.29, 0.717) is 34.9 Å². The summed E-state index contributed by atoms with van der Waals surface area (Å²) in [7, 11) is 0. The average molecular weight is 417 g/mol. The number of carbonyl (C=O) groups is 2. The first kappa shape index (κ1) is 22.1. The number of hydrogen-bond donors (Lipinski definition) is 2. The Morgan fingerprint density at radius 1 is 0.774 bits per heavy atom. The van der Waals surface area contributed by atoms with Crippen molar-refractivity contribution in [3.05, 3.63) is 89.5 Å². The van der Waals surface area contributed by atoms with Crippen LogP contribution in [0.4, 0.5) is 11.4 Å². The van der Waals surface area contributed by atoms with Crippen molar-refractivity contribution < 1.29 is 14.3 Å². The van der Waals surface area contributed by atoms with E-state index in [4.69, 9.17) is 4.74 Å². The lowest BCUT2D eigenvalue weighted by molar-refractivity contribution is 0.101. The second-order valence-electron chi connectivity index (χ2n) is 8.27. The van der Waals surface area contributed by atoms with Crippen molar-refractivity contribution >= 4 is 23.2 Å². The molecule has 3 aromatic carbocycles. The van der Waals surface area contributed by atoms with Gasteiger partial charge in [0.05, 0.1) is 6.61 Å². The van der Waals surface area contributed by atoms with Gasteiger partial charge in [-0.25, -0.2) is 0 Å². The molecule has 5 heteroatoms. The van der Waals surface area contributed by atoms with Gasteiger partial charge in [-0.2, -0.15) is 0 Å². The largest absolute Gasteiger partial charge is 0.494 e. The van der Waals surface area contributed by atoms with E-state index >= 15 is 0 Å². The van der Waals surface area contributed by atoms with Gasteiger partial charge in [-0.1, -0.05) is 39.0 Å². The van der Waals surface area contributed by atoms with Crippen LogP contribution < -0.4 is 15.4 Å². The molecular weight excluding hydrogens is 388 g/mol. The van der Waals surface area contributed by atoms with E-state index in [1.165, 1.54) is 5.56 Å². The van der Waals surface area contributed by atoms with Gasteiger partial charge in [-0.05, 0) is 72.5 Å². The summed E-state index contributed by atoms with van der Waals surface area (Å²) in [4.78, 5) is 25.0. The van der Waals surface area contributed by atoms with Crippen molar-refractivity contribution in [3.63, 3.8) is 0 Å². The zero-order valence-corrected chi connectivity index (χ0v) is 18.4. The molecule has 3 rings (SSSR count). The van der Waals surface area contributed by atoms with Crippen LogP contribution >= 0.6 is 0 Å². The maximum atomic E-state index is 12.5. The predicted octanol–water partition coefficient (Wildman–Crippen LogP) is 5.89. The summed E-state index contributed by atoms with van der Waals surface area (Å²) in [5, 5.41) is 5.73. The standard InChI is InChI=1S/C26H28N2O3/c1-5-31-23-8-6-7-19(17-23)25(30)28-22-15-13-21(14-16-22)27-24(29)18-9-11-20(12-10-18)26(2,3)4/h6-17H,5H2,1-4H3,(H,27,29)(H,28,30). The van der Waals surface area contributed by atoms with Gasteiger partial charge in [0.15, 0.2) is 0 Å². The Morgan fingerprint density at radius 2 is 1.32 bits per heavy atom. The van der Waals surface area contributed by atoms with Crippen LogP contribution in [0.25, 0.3) is 0 Å². The first-order valence-electron chi connectivity index (χ1n) is 10.3. The summed E-state index contributed by atoms with van der Waals surface area (Å²) in [6.07, 6.45) is 0. The summed E-state index contributed by atoms with van der Waals surface area (Å²) >= 11 is 0.